The topological polar surface area (TPSA) is 78.9 Å². The number of allylic oxidation sites excluding steroid dienone is 20. The van der Waals surface area contributed by atoms with Crippen molar-refractivity contribution in [2.24, 2.45) is 0 Å². The Kier molecular flexibility index (Phi) is 42.2. The molecule has 0 aromatic heterocycles. The Labute approximate surface area is 354 Å². The van der Waals surface area contributed by atoms with Crippen molar-refractivity contribution >= 4 is 17.9 Å². The molecule has 0 radical (unpaired) electrons. The molecular weight excluding hydrogens is 721 g/mol. The Balaban J connectivity index is 4.56. The van der Waals surface area contributed by atoms with Gasteiger partial charge in [-0.25, -0.2) is 0 Å². The number of rotatable bonds is 38. The van der Waals surface area contributed by atoms with Crippen LogP contribution in [0.25, 0.3) is 0 Å². The zero-order valence-electron chi connectivity index (χ0n) is 36.8. The van der Waals surface area contributed by atoms with Crippen LogP contribution in [0.5, 0.6) is 0 Å². The second kappa shape index (κ2) is 45.5. The maximum atomic E-state index is 12.7. The minimum atomic E-state index is -0.833. The highest BCUT2D eigenvalue weighted by Crippen LogP contribution is 2.11. The molecule has 0 fully saturated rings. The third-order valence-corrected chi connectivity index (χ3v) is 8.84. The average Bonchev–Trinajstić information content (AvgIpc) is 3.22. The van der Waals surface area contributed by atoms with Crippen LogP contribution in [0.2, 0.25) is 0 Å². The SMILES string of the molecule is CC\C=C/C=C\C=C/C=C\C=C/CCCC(=O)OC(COC(=O)CCCCC/C=C\C=C/CCCC)COC(=O)CCCCCCCC/C=C\C/C=C\C/C=C\CC. The molecule has 0 aromatic rings. The summed E-state index contributed by atoms with van der Waals surface area (Å²) >= 11 is 0. The van der Waals surface area contributed by atoms with Gasteiger partial charge in [0.05, 0.1) is 0 Å². The van der Waals surface area contributed by atoms with Gasteiger partial charge in [-0.15, -0.1) is 0 Å². The van der Waals surface area contributed by atoms with Gasteiger partial charge < -0.3 is 14.2 Å². The van der Waals surface area contributed by atoms with Crippen molar-refractivity contribution < 1.29 is 28.6 Å². The van der Waals surface area contributed by atoms with E-state index in [-0.39, 0.29) is 31.6 Å². The molecular formula is C52H80O6. The van der Waals surface area contributed by atoms with Crippen LogP contribution in [0.15, 0.2) is 122 Å². The lowest BCUT2D eigenvalue weighted by molar-refractivity contribution is -0.167. The van der Waals surface area contributed by atoms with E-state index >= 15 is 0 Å². The van der Waals surface area contributed by atoms with Crippen molar-refractivity contribution in [2.75, 3.05) is 13.2 Å². The summed E-state index contributed by atoms with van der Waals surface area (Å²) in [5.74, 6) is -1.06. The lowest BCUT2D eigenvalue weighted by Crippen LogP contribution is -2.30. The Morgan fingerprint density at radius 3 is 1.34 bits per heavy atom. The fourth-order valence-corrected chi connectivity index (χ4v) is 5.46. The smallest absolute Gasteiger partial charge is 0.306 e. The highest BCUT2D eigenvalue weighted by Gasteiger charge is 2.19. The molecule has 0 aromatic carbocycles. The van der Waals surface area contributed by atoms with Gasteiger partial charge in [-0.2, -0.15) is 0 Å². The molecule has 0 aliphatic heterocycles. The molecule has 0 saturated heterocycles. The van der Waals surface area contributed by atoms with E-state index in [2.05, 4.69) is 87.6 Å². The summed E-state index contributed by atoms with van der Waals surface area (Å²) < 4.78 is 16.6. The van der Waals surface area contributed by atoms with E-state index in [1.165, 1.54) is 25.7 Å². The van der Waals surface area contributed by atoms with Crippen molar-refractivity contribution in [3.05, 3.63) is 122 Å². The normalized spacial score (nSPS) is 13.2. The average molecular weight is 801 g/mol. The molecule has 0 amide bonds. The van der Waals surface area contributed by atoms with Crippen molar-refractivity contribution in [1.29, 1.82) is 0 Å². The highest BCUT2D eigenvalue weighted by atomic mass is 16.6. The Morgan fingerprint density at radius 1 is 0.379 bits per heavy atom. The summed E-state index contributed by atoms with van der Waals surface area (Å²) in [7, 11) is 0. The van der Waals surface area contributed by atoms with Gasteiger partial charge in [0.2, 0.25) is 0 Å². The van der Waals surface area contributed by atoms with Gasteiger partial charge in [0, 0.05) is 19.3 Å². The van der Waals surface area contributed by atoms with E-state index in [9.17, 15) is 14.4 Å². The third kappa shape index (κ3) is 42.9. The van der Waals surface area contributed by atoms with E-state index in [1.54, 1.807) is 0 Å². The number of hydrogen-bond acceptors (Lipinski definition) is 6. The monoisotopic (exact) mass is 801 g/mol. The van der Waals surface area contributed by atoms with Gasteiger partial charge in [0.25, 0.3) is 0 Å². The molecule has 0 aliphatic rings. The minimum absolute atomic E-state index is 0.126. The molecule has 6 nitrogen and oxygen atoms in total. The number of ether oxygens (including phenoxy) is 3. The lowest BCUT2D eigenvalue weighted by Gasteiger charge is -2.18. The first-order chi connectivity index (χ1) is 28.5. The zero-order chi connectivity index (χ0) is 42.3. The van der Waals surface area contributed by atoms with E-state index in [0.717, 1.165) is 96.3 Å². The van der Waals surface area contributed by atoms with Gasteiger partial charge in [-0.1, -0.05) is 187 Å². The summed E-state index contributed by atoms with van der Waals surface area (Å²) in [6.07, 6.45) is 61.9. The maximum Gasteiger partial charge on any atom is 0.306 e. The zero-order valence-corrected chi connectivity index (χ0v) is 36.8. The van der Waals surface area contributed by atoms with Crippen molar-refractivity contribution in [3.63, 3.8) is 0 Å². The summed E-state index contributed by atoms with van der Waals surface area (Å²) in [6.45, 7) is 6.19. The third-order valence-electron chi connectivity index (χ3n) is 8.84. The van der Waals surface area contributed by atoms with Crippen LogP contribution in [0, 0.1) is 0 Å². The van der Waals surface area contributed by atoms with Gasteiger partial charge in [-0.3, -0.25) is 14.4 Å². The molecule has 324 valence electrons. The van der Waals surface area contributed by atoms with Crippen LogP contribution < -0.4 is 0 Å². The molecule has 1 atom stereocenters. The summed E-state index contributed by atoms with van der Waals surface area (Å²) in [5, 5.41) is 0. The van der Waals surface area contributed by atoms with Crippen molar-refractivity contribution in [1.82, 2.24) is 0 Å². The van der Waals surface area contributed by atoms with Crippen LogP contribution in [-0.2, 0) is 28.6 Å². The number of carbonyl (C=O) groups excluding carboxylic acids is 3. The first kappa shape index (κ1) is 53.8. The van der Waals surface area contributed by atoms with Crippen LogP contribution in [0.3, 0.4) is 0 Å². The molecule has 58 heavy (non-hydrogen) atoms. The first-order valence-corrected chi connectivity index (χ1v) is 22.6. The lowest BCUT2D eigenvalue weighted by atomic mass is 10.1. The fourth-order valence-electron chi connectivity index (χ4n) is 5.46. The second-order valence-electron chi connectivity index (χ2n) is 14.3. The molecule has 0 N–H and O–H groups in total. The van der Waals surface area contributed by atoms with Crippen molar-refractivity contribution in [3.8, 4) is 0 Å². The van der Waals surface area contributed by atoms with Crippen LogP contribution in [0.4, 0.5) is 0 Å². The Bertz CT molecular complexity index is 1290. The largest absolute Gasteiger partial charge is 0.462 e. The quantitative estimate of drug-likeness (QED) is 0.0203. The highest BCUT2D eigenvalue weighted by molar-refractivity contribution is 5.71. The number of esters is 3. The summed E-state index contributed by atoms with van der Waals surface area (Å²) in [6, 6.07) is 0. The maximum absolute atomic E-state index is 12.7. The Hall–Kier alpha value is -4.19. The van der Waals surface area contributed by atoms with Crippen LogP contribution >= 0.6 is 0 Å². The van der Waals surface area contributed by atoms with Gasteiger partial charge >= 0.3 is 17.9 Å². The molecule has 0 heterocycles. The molecule has 6 heteroatoms. The molecule has 0 aliphatic carbocycles. The van der Waals surface area contributed by atoms with E-state index in [4.69, 9.17) is 14.2 Å². The standard InChI is InChI=1S/C52H80O6/c1-4-7-10-13-16-19-22-24-25-26-28-30-33-36-39-42-45-51(54)57-48-49(47-56-50(53)44-41-38-35-32-29-21-18-15-12-9-6-3)58-52(55)46-43-40-37-34-31-27-23-20-17-14-11-8-5-2/h7-8,10-11,14-21,23-25,27,29,31,34,37,49H,4-6,9,12-13,22,26,28,30,32-33,35-36,38-48H2,1-3H3/b10-7-,11-8-,17-14-,18-15-,19-16-,23-20-,25-24-,29-21-,31-27-,37-34-. The molecule has 0 rings (SSSR count). The van der Waals surface area contributed by atoms with Gasteiger partial charge in [-0.05, 0) is 83.5 Å². The Morgan fingerprint density at radius 2 is 0.776 bits per heavy atom. The predicted octanol–water partition coefficient (Wildman–Crippen LogP) is 14.6. The molecule has 0 saturated carbocycles. The predicted molar refractivity (Wildman–Crippen MR) is 246 cm³/mol. The summed E-state index contributed by atoms with van der Waals surface area (Å²) in [5.41, 5.74) is 0. The van der Waals surface area contributed by atoms with E-state index in [1.807, 2.05) is 54.7 Å². The van der Waals surface area contributed by atoms with Crippen molar-refractivity contribution in [2.45, 2.75) is 175 Å². The van der Waals surface area contributed by atoms with Crippen LogP contribution in [-0.4, -0.2) is 37.2 Å². The van der Waals surface area contributed by atoms with Crippen LogP contribution in [0.1, 0.15) is 168 Å². The number of unbranched alkanes of at least 4 members (excludes halogenated alkanes) is 12. The first-order valence-electron chi connectivity index (χ1n) is 22.6. The number of hydrogen-bond donors (Lipinski definition) is 0. The van der Waals surface area contributed by atoms with E-state index in [0.29, 0.717) is 19.3 Å². The molecule has 0 spiro atoms. The molecule has 0 bridgehead atoms. The fraction of sp³-hybridized carbons (Fsp3) is 0.558. The van der Waals surface area contributed by atoms with Gasteiger partial charge in [0.1, 0.15) is 13.2 Å². The minimum Gasteiger partial charge on any atom is -0.462 e. The van der Waals surface area contributed by atoms with E-state index < -0.39 is 12.1 Å². The second-order valence-corrected chi connectivity index (χ2v) is 14.3. The summed E-state index contributed by atoms with van der Waals surface area (Å²) in [4.78, 5) is 37.7. The van der Waals surface area contributed by atoms with Gasteiger partial charge in [0.15, 0.2) is 6.10 Å². The molecule has 1 unspecified atom stereocenters. The number of carbonyl (C=O) groups is 3.